The van der Waals surface area contributed by atoms with Crippen LogP contribution in [-0.4, -0.2) is 51.1 Å². The quantitative estimate of drug-likeness (QED) is 0.765. The Kier molecular flexibility index (Phi) is 3.42. The highest BCUT2D eigenvalue weighted by molar-refractivity contribution is 6.74. The van der Waals surface area contributed by atoms with Gasteiger partial charge in [0, 0.05) is 0 Å². The summed E-state index contributed by atoms with van der Waals surface area (Å²) >= 11 is 0. The third kappa shape index (κ3) is 2.44. The molecule has 0 amide bonds. The van der Waals surface area contributed by atoms with E-state index in [1.54, 1.807) is 0 Å². The first kappa shape index (κ1) is 13.5. The summed E-state index contributed by atoms with van der Waals surface area (Å²) in [5.74, 6) is 0. The molecule has 0 aromatic heterocycles. The smallest absolute Gasteiger partial charge is 0.192 e. The fourth-order valence-corrected chi connectivity index (χ4v) is 3.41. The Hall–Kier alpha value is 0.0569. The molecule has 2 aliphatic heterocycles. The van der Waals surface area contributed by atoms with Gasteiger partial charge in [0.2, 0.25) is 0 Å². The summed E-state index contributed by atoms with van der Waals surface area (Å²) < 4.78 is 17.5. The van der Waals surface area contributed by atoms with Gasteiger partial charge in [0.25, 0.3) is 0 Å². The lowest BCUT2D eigenvalue weighted by atomic mass is 10.1. The van der Waals surface area contributed by atoms with Gasteiger partial charge in [0.1, 0.15) is 18.3 Å². The number of rotatable bonds is 2. The van der Waals surface area contributed by atoms with Gasteiger partial charge < -0.3 is 19.0 Å². The molecule has 2 saturated heterocycles. The van der Waals surface area contributed by atoms with E-state index in [9.17, 15) is 5.11 Å². The minimum atomic E-state index is -1.79. The van der Waals surface area contributed by atoms with Crippen molar-refractivity contribution in [2.24, 2.45) is 0 Å². The summed E-state index contributed by atoms with van der Waals surface area (Å²) in [4.78, 5) is 0. The van der Waals surface area contributed by atoms with Gasteiger partial charge in [0.15, 0.2) is 8.32 Å². The molecule has 0 saturated carbocycles. The SMILES string of the molecule is CC(C)(C)[Si](C)(C)O[C@H]1COC2C1OC[C@@H]2O. The maximum atomic E-state index is 9.68. The van der Waals surface area contributed by atoms with Crippen LogP contribution >= 0.6 is 0 Å². The lowest BCUT2D eigenvalue weighted by Crippen LogP contribution is -2.47. The van der Waals surface area contributed by atoms with E-state index in [1.165, 1.54) is 0 Å². The Morgan fingerprint density at radius 3 is 2.29 bits per heavy atom. The second kappa shape index (κ2) is 4.31. The number of ether oxygens (including phenoxy) is 2. The maximum absolute atomic E-state index is 9.68. The molecule has 2 unspecified atom stereocenters. The van der Waals surface area contributed by atoms with Crippen LogP contribution in [0.3, 0.4) is 0 Å². The van der Waals surface area contributed by atoms with E-state index < -0.39 is 14.4 Å². The molecule has 0 radical (unpaired) electrons. The Balaban J connectivity index is 2.02. The van der Waals surface area contributed by atoms with Crippen LogP contribution in [0.5, 0.6) is 0 Å². The molecule has 1 N–H and O–H groups in total. The number of hydrogen-bond donors (Lipinski definition) is 1. The summed E-state index contributed by atoms with van der Waals surface area (Å²) in [5.41, 5.74) is 0. The van der Waals surface area contributed by atoms with Crippen molar-refractivity contribution in [3.05, 3.63) is 0 Å². The van der Waals surface area contributed by atoms with Crippen LogP contribution in [0.2, 0.25) is 18.1 Å². The van der Waals surface area contributed by atoms with E-state index >= 15 is 0 Å². The van der Waals surface area contributed by atoms with Crippen LogP contribution in [0.4, 0.5) is 0 Å². The van der Waals surface area contributed by atoms with Crippen LogP contribution in [0.25, 0.3) is 0 Å². The van der Waals surface area contributed by atoms with Crippen molar-refractivity contribution in [3.8, 4) is 0 Å². The maximum Gasteiger partial charge on any atom is 0.192 e. The first-order valence-electron chi connectivity index (χ1n) is 6.31. The van der Waals surface area contributed by atoms with Crippen LogP contribution in [0, 0.1) is 0 Å². The largest absolute Gasteiger partial charge is 0.409 e. The van der Waals surface area contributed by atoms with E-state index in [0.717, 1.165) is 0 Å². The standard InChI is InChI=1S/C12H24O4Si/c1-12(2,3)17(4,5)16-9-7-15-10-8(13)6-14-11(9)10/h8-11,13H,6-7H2,1-5H3/t8-,9-,10?,11?/m0/s1. The fraction of sp³-hybridized carbons (Fsp3) is 1.00. The molecule has 2 aliphatic rings. The molecule has 2 fully saturated rings. The summed E-state index contributed by atoms with van der Waals surface area (Å²) in [5, 5.41) is 9.86. The van der Waals surface area contributed by atoms with Crippen molar-refractivity contribution in [2.75, 3.05) is 13.2 Å². The first-order valence-corrected chi connectivity index (χ1v) is 9.22. The molecular weight excluding hydrogens is 236 g/mol. The molecule has 4 atom stereocenters. The lowest BCUT2D eigenvalue weighted by Gasteiger charge is -2.39. The van der Waals surface area contributed by atoms with E-state index in [0.29, 0.717) is 13.2 Å². The Bertz CT molecular complexity index is 287. The molecule has 0 aromatic carbocycles. The molecule has 2 heterocycles. The fourth-order valence-electron chi connectivity index (χ4n) is 2.10. The predicted octanol–water partition coefficient (Wildman–Crippen LogP) is 1.54. The Morgan fingerprint density at radius 1 is 1.12 bits per heavy atom. The van der Waals surface area contributed by atoms with Gasteiger partial charge in [-0.05, 0) is 18.1 Å². The van der Waals surface area contributed by atoms with Crippen LogP contribution in [-0.2, 0) is 13.9 Å². The second-order valence-corrected chi connectivity index (χ2v) is 11.3. The van der Waals surface area contributed by atoms with E-state index in [4.69, 9.17) is 13.9 Å². The van der Waals surface area contributed by atoms with Crippen molar-refractivity contribution in [2.45, 2.75) is 63.3 Å². The molecule has 0 spiro atoms. The lowest BCUT2D eigenvalue weighted by molar-refractivity contribution is 0.00562. The van der Waals surface area contributed by atoms with Crippen LogP contribution in [0.15, 0.2) is 0 Å². The Morgan fingerprint density at radius 2 is 1.71 bits per heavy atom. The van der Waals surface area contributed by atoms with Crippen molar-refractivity contribution < 1.29 is 19.0 Å². The normalized spacial score (nSPS) is 38.5. The molecular formula is C12H24O4Si. The van der Waals surface area contributed by atoms with Crippen molar-refractivity contribution in [1.29, 1.82) is 0 Å². The highest BCUT2D eigenvalue weighted by Gasteiger charge is 2.50. The molecule has 17 heavy (non-hydrogen) atoms. The van der Waals surface area contributed by atoms with Gasteiger partial charge in [-0.15, -0.1) is 0 Å². The number of fused-ring (bicyclic) bond motifs is 1. The van der Waals surface area contributed by atoms with Crippen molar-refractivity contribution >= 4 is 8.32 Å². The second-order valence-electron chi connectivity index (χ2n) is 6.58. The van der Waals surface area contributed by atoms with Gasteiger partial charge in [-0.25, -0.2) is 0 Å². The average Bonchev–Trinajstić information content (AvgIpc) is 2.70. The molecule has 0 aromatic rings. The first-order chi connectivity index (χ1) is 7.72. The third-order valence-electron chi connectivity index (χ3n) is 4.23. The molecule has 5 heteroatoms. The molecule has 2 rings (SSSR count). The number of aliphatic hydroxyl groups excluding tert-OH is 1. The predicted molar refractivity (Wildman–Crippen MR) is 67.6 cm³/mol. The van der Waals surface area contributed by atoms with E-state index in [2.05, 4.69) is 33.9 Å². The molecule has 4 nitrogen and oxygen atoms in total. The van der Waals surface area contributed by atoms with Crippen LogP contribution in [0.1, 0.15) is 20.8 Å². The molecule has 0 aliphatic carbocycles. The van der Waals surface area contributed by atoms with Crippen molar-refractivity contribution in [1.82, 2.24) is 0 Å². The van der Waals surface area contributed by atoms with Gasteiger partial charge in [-0.1, -0.05) is 20.8 Å². The molecule has 100 valence electrons. The average molecular weight is 260 g/mol. The monoisotopic (exact) mass is 260 g/mol. The number of aliphatic hydroxyl groups is 1. The zero-order valence-corrected chi connectivity index (χ0v) is 12.4. The summed E-state index contributed by atoms with van der Waals surface area (Å²) in [6.07, 6.45) is -0.782. The number of hydrogen-bond acceptors (Lipinski definition) is 4. The topological polar surface area (TPSA) is 47.9 Å². The highest BCUT2D eigenvalue weighted by Crippen LogP contribution is 2.40. The van der Waals surface area contributed by atoms with Gasteiger partial charge in [-0.2, -0.15) is 0 Å². The zero-order chi connectivity index (χ0) is 12.8. The summed E-state index contributed by atoms with van der Waals surface area (Å²) in [7, 11) is -1.79. The minimum Gasteiger partial charge on any atom is -0.409 e. The summed E-state index contributed by atoms with van der Waals surface area (Å²) in [6, 6.07) is 0. The highest BCUT2D eigenvalue weighted by atomic mass is 28.4. The minimum absolute atomic E-state index is 0.0157. The Labute approximate surface area is 104 Å². The van der Waals surface area contributed by atoms with Gasteiger partial charge in [0.05, 0.1) is 19.3 Å². The van der Waals surface area contributed by atoms with E-state index in [-0.39, 0.29) is 23.4 Å². The third-order valence-corrected chi connectivity index (χ3v) is 8.74. The van der Waals surface area contributed by atoms with E-state index in [1.807, 2.05) is 0 Å². The van der Waals surface area contributed by atoms with Gasteiger partial charge in [-0.3, -0.25) is 0 Å². The summed E-state index contributed by atoms with van der Waals surface area (Å²) in [6.45, 7) is 12.0. The molecule has 0 bridgehead atoms. The van der Waals surface area contributed by atoms with Crippen LogP contribution < -0.4 is 0 Å². The van der Waals surface area contributed by atoms with Crippen molar-refractivity contribution in [3.63, 3.8) is 0 Å². The zero-order valence-electron chi connectivity index (χ0n) is 11.4. The van der Waals surface area contributed by atoms with Gasteiger partial charge >= 0.3 is 0 Å².